The van der Waals surface area contributed by atoms with Crippen LogP contribution in [0.3, 0.4) is 0 Å². The van der Waals surface area contributed by atoms with Gasteiger partial charge in [0.15, 0.2) is 0 Å². The topological polar surface area (TPSA) is 93.5 Å². The van der Waals surface area contributed by atoms with Crippen molar-refractivity contribution >= 4 is 15.9 Å². The number of carbonyl (C=O) groups excluding carboxylic acids is 1. The van der Waals surface area contributed by atoms with Crippen LogP contribution in [0.1, 0.15) is 15.9 Å². The molecule has 9 heteroatoms. The Morgan fingerprint density at radius 3 is 2.85 bits per heavy atom. The molecule has 0 bridgehead atoms. The zero-order valence-corrected chi connectivity index (χ0v) is 16.2. The third-order valence-electron chi connectivity index (χ3n) is 4.59. The molecule has 2 atom stereocenters. The van der Waals surface area contributed by atoms with Crippen LogP contribution >= 0.6 is 0 Å². The van der Waals surface area contributed by atoms with E-state index >= 15 is 0 Å². The van der Waals surface area contributed by atoms with Crippen molar-refractivity contribution in [2.45, 2.75) is 12.6 Å². The first-order chi connectivity index (χ1) is 12.8. The minimum atomic E-state index is -3.36. The summed E-state index contributed by atoms with van der Waals surface area (Å²) in [4.78, 5) is 12.7. The molecule has 1 aliphatic heterocycles. The van der Waals surface area contributed by atoms with E-state index in [0.717, 1.165) is 5.56 Å². The third kappa shape index (κ3) is 4.94. The van der Waals surface area contributed by atoms with Crippen molar-refractivity contribution in [1.29, 1.82) is 0 Å². The third-order valence-corrected chi connectivity index (χ3v) is 6.55. The van der Waals surface area contributed by atoms with Gasteiger partial charge in [-0.1, -0.05) is 12.1 Å². The summed E-state index contributed by atoms with van der Waals surface area (Å²) in [5, 5.41) is 7.09. The van der Waals surface area contributed by atoms with E-state index < -0.39 is 10.0 Å². The molecule has 0 radical (unpaired) electrons. The zero-order valence-electron chi connectivity index (χ0n) is 15.4. The highest BCUT2D eigenvalue weighted by Crippen LogP contribution is 2.18. The van der Waals surface area contributed by atoms with Crippen LogP contribution in [-0.2, 0) is 21.3 Å². The van der Waals surface area contributed by atoms with Crippen molar-refractivity contribution in [3.63, 3.8) is 0 Å². The summed E-state index contributed by atoms with van der Waals surface area (Å²) in [6.07, 6.45) is 3.57. The zero-order chi connectivity index (χ0) is 19.4. The number of carbonyl (C=O) groups is 1. The Kier molecular flexibility index (Phi) is 5.93. The van der Waals surface area contributed by atoms with E-state index in [1.807, 2.05) is 30.5 Å². The quantitative estimate of drug-likeness (QED) is 0.743. The molecule has 0 aliphatic carbocycles. The van der Waals surface area contributed by atoms with Crippen LogP contribution in [0.2, 0.25) is 0 Å². The Morgan fingerprint density at radius 2 is 2.15 bits per heavy atom. The van der Waals surface area contributed by atoms with Crippen molar-refractivity contribution in [1.82, 2.24) is 19.4 Å². The summed E-state index contributed by atoms with van der Waals surface area (Å²) in [5.41, 5.74) is 1.49. The maximum absolute atomic E-state index is 12.7. The fourth-order valence-corrected chi connectivity index (χ4v) is 4.15. The number of amides is 1. The number of benzene rings is 1. The largest absolute Gasteiger partial charge is 0.379 e. The molecule has 1 aromatic carbocycles. The molecule has 1 aromatic heterocycles. The number of ether oxygens (including phenoxy) is 1. The van der Waals surface area contributed by atoms with Crippen LogP contribution in [0.4, 0.5) is 0 Å². The van der Waals surface area contributed by atoms with E-state index in [2.05, 4.69) is 10.4 Å². The van der Waals surface area contributed by atoms with Crippen molar-refractivity contribution in [3.05, 3.63) is 53.9 Å². The fraction of sp³-hybridized carbons (Fsp3) is 0.444. The molecule has 146 valence electrons. The molecule has 27 heavy (non-hydrogen) atoms. The van der Waals surface area contributed by atoms with E-state index in [4.69, 9.17) is 4.74 Å². The van der Waals surface area contributed by atoms with Crippen molar-refractivity contribution in [2.24, 2.45) is 5.92 Å². The van der Waals surface area contributed by atoms with Crippen LogP contribution in [-0.4, -0.2) is 67.5 Å². The number of rotatable bonds is 7. The fourth-order valence-electron chi connectivity index (χ4n) is 2.99. The van der Waals surface area contributed by atoms with E-state index in [9.17, 15) is 13.2 Å². The van der Waals surface area contributed by atoms with Crippen molar-refractivity contribution in [3.8, 4) is 0 Å². The molecular formula is C18H24N4O4S. The van der Waals surface area contributed by atoms with Crippen LogP contribution in [0.15, 0.2) is 42.7 Å². The van der Waals surface area contributed by atoms with Gasteiger partial charge in [0.25, 0.3) is 5.91 Å². The van der Waals surface area contributed by atoms with E-state index in [1.54, 1.807) is 16.9 Å². The van der Waals surface area contributed by atoms with E-state index in [-0.39, 0.29) is 23.6 Å². The first-order valence-corrected chi connectivity index (χ1v) is 10.3. The van der Waals surface area contributed by atoms with Crippen LogP contribution in [0, 0.1) is 5.92 Å². The number of sulfonamides is 1. The van der Waals surface area contributed by atoms with Crippen LogP contribution < -0.4 is 5.32 Å². The molecule has 1 fully saturated rings. The number of nitrogens with one attached hydrogen (secondary N) is 1. The second kappa shape index (κ2) is 8.20. The smallest absolute Gasteiger partial charge is 0.251 e. The summed E-state index contributed by atoms with van der Waals surface area (Å²) >= 11 is 0. The molecule has 3 rings (SSSR count). The molecule has 0 spiro atoms. The number of hydrogen-bond donors (Lipinski definition) is 1. The molecule has 8 nitrogen and oxygen atoms in total. The summed E-state index contributed by atoms with van der Waals surface area (Å²) in [6, 6.07) is 8.83. The average molecular weight is 392 g/mol. The maximum Gasteiger partial charge on any atom is 0.251 e. The van der Waals surface area contributed by atoms with Gasteiger partial charge in [0.2, 0.25) is 10.0 Å². The van der Waals surface area contributed by atoms with Crippen LogP contribution in [0.5, 0.6) is 0 Å². The van der Waals surface area contributed by atoms with Gasteiger partial charge in [-0.05, 0) is 23.8 Å². The Bertz CT molecular complexity index is 881. The summed E-state index contributed by atoms with van der Waals surface area (Å²) < 4.78 is 32.7. The predicted molar refractivity (Wildman–Crippen MR) is 101 cm³/mol. The normalized spacial score (nSPS) is 20.1. The SMILES string of the molecule is CN(C)S(=O)(=O)C[C@@H]1COC[C@@H]1NC(=O)c1cccc(Cn2cccn2)c1. The molecule has 0 unspecified atom stereocenters. The van der Waals surface area contributed by atoms with Gasteiger partial charge in [0.1, 0.15) is 0 Å². The maximum atomic E-state index is 12.7. The minimum Gasteiger partial charge on any atom is -0.379 e. The second-order valence-electron chi connectivity index (χ2n) is 6.84. The number of nitrogens with zero attached hydrogens (tertiary/aromatic N) is 3. The highest BCUT2D eigenvalue weighted by molar-refractivity contribution is 7.89. The van der Waals surface area contributed by atoms with Gasteiger partial charge in [0.05, 0.1) is 31.6 Å². The van der Waals surface area contributed by atoms with Gasteiger partial charge < -0.3 is 10.1 Å². The molecule has 1 N–H and O–H groups in total. The van der Waals surface area contributed by atoms with Gasteiger partial charge in [-0.3, -0.25) is 9.48 Å². The molecule has 2 heterocycles. The lowest BCUT2D eigenvalue weighted by Gasteiger charge is -2.21. The Labute approximate surface area is 159 Å². The summed E-state index contributed by atoms with van der Waals surface area (Å²) in [6.45, 7) is 1.20. The lowest BCUT2D eigenvalue weighted by Crippen LogP contribution is -2.43. The molecule has 1 aliphatic rings. The lowest BCUT2D eigenvalue weighted by molar-refractivity contribution is 0.0926. The average Bonchev–Trinajstić information content (AvgIpc) is 3.27. The minimum absolute atomic E-state index is 0.0513. The van der Waals surface area contributed by atoms with Crippen molar-refractivity contribution < 1.29 is 17.9 Å². The van der Waals surface area contributed by atoms with Gasteiger partial charge in [0, 0.05) is 38.0 Å². The lowest BCUT2D eigenvalue weighted by atomic mass is 10.0. The monoisotopic (exact) mass is 392 g/mol. The molecule has 2 aromatic rings. The standard InChI is InChI=1S/C18H24N4O4S/c1-21(2)27(24,25)13-16-11-26-12-17(16)20-18(23)15-6-3-5-14(9-15)10-22-8-4-7-19-22/h3-9,16-17H,10-13H2,1-2H3,(H,20,23)/t16-,17-/m0/s1. The Balaban J connectivity index is 1.66. The first-order valence-electron chi connectivity index (χ1n) is 8.70. The van der Waals surface area contributed by atoms with Gasteiger partial charge in [-0.2, -0.15) is 5.10 Å². The van der Waals surface area contributed by atoms with Gasteiger partial charge in [-0.25, -0.2) is 12.7 Å². The highest BCUT2D eigenvalue weighted by Gasteiger charge is 2.34. The number of aromatic nitrogens is 2. The van der Waals surface area contributed by atoms with Crippen LogP contribution in [0.25, 0.3) is 0 Å². The van der Waals surface area contributed by atoms with E-state index in [1.165, 1.54) is 18.4 Å². The summed E-state index contributed by atoms with van der Waals surface area (Å²) in [7, 11) is -0.351. The summed E-state index contributed by atoms with van der Waals surface area (Å²) in [5.74, 6) is -0.557. The Hall–Kier alpha value is -2.23. The molecule has 1 saturated heterocycles. The molecular weight excluding hydrogens is 368 g/mol. The predicted octanol–water partition coefficient (Wildman–Crippen LogP) is 0.568. The molecule has 0 saturated carbocycles. The van der Waals surface area contributed by atoms with Gasteiger partial charge in [-0.15, -0.1) is 0 Å². The highest BCUT2D eigenvalue weighted by atomic mass is 32.2. The van der Waals surface area contributed by atoms with Gasteiger partial charge >= 0.3 is 0 Å². The number of hydrogen-bond acceptors (Lipinski definition) is 5. The first kappa shape index (κ1) is 19.5. The second-order valence-corrected chi connectivity index (χ2v) is 9.07. The Morgan fingerprint density at radius 1 is 1.33 bits per heavy atom. The molecule has 1 amide bonds. The van der Waals surface area contributed by atoms with E-state index in [0.29, 0.717) is 25.3 Å². The van der Waals surface area contributed by atoms with Crippen molar-refractivity contribution in [2.75, 3.05) is 33.1 Å².